The van der Waals surface area contributed by atoms with Gasteiger partial charge in [0.25, 0.3) is 0 Å². The standard InChI is InChI=1S/C17H32N6O2.HI/c1-5-19-15(21-10-7-12-23-13-11-18-14-23)20-8-6-9-22-16(24)25-17(2,3)4;/h11,13-14H,5-10,12H2,1-4H3,(H,22,24)(H2,19,20,21);1H. The molecule has 0 fully saturated rings. The Morgan fingerprint density at radius 3 is 2.54 bits per heavy atom. The SMILES string of the molecule is CCNC(=NCCCn1ccnc1)NCCCNC(=O)OC(C)(C)C.I. The van der Waals surface area contributed by atoms with Gasteiger partial charge in [0.1, 0.15) is 5.60 Å². The molecule has 0 spiro atoms. The van der Waals surface area contributed by atoms with E-state index in [1.54, 1.807) is 6.20 Å². The van der Waals surface area contributed by atoms with Gasteiger partial charge in [0, 0.05) is 45.1 Å². The Balaban J connectivity index is 0.00000625. The van der Waals surface area contributed by atoms with Crippen LogP contribution in [0.4, 0.5) is 4.79 Å². The van der Waals surface area contributed by atoms with E-state index in [0.717, 1.165) is 45.0 Å². The van der Waals surface area contributed by atoms with Crippen LogP contribution in [-0.4, -0.2) is 53.4 Å². The van der Waals surface area contributed by atoms with Gasteiger partial charge in [-0.3, -0.25) is 4.99 Å². The van der Waals surface area contributed by atoms with Gasteiger partial charge in [-0.15, -0.1) is 24.0 Å². The van der Waals surface area contributed by atoms with Crippen molar-refractivity contribution in [3.05, 3.63) is 18.7 Å². The van der Waals surface area contributed by atoms with Gasteiger partial charge in [0.2, 0.25) is 0 Å². The number of hydrogen-bond donors (Lipinski definition) is 3. The van der Waals surface area contributed by atoms with Crippen LogP contribution in [0.5, 0.6) is 0 Å². The second-order valence-electron chi connectivity index (χ2n) is 6.62. The summed E-state index contributed by atoms with van der Waals surface area (Å²) in [5, 5.41) is 9.22. The normalized spacial score (nSPS) is 11.5. The Bertz CT molecular complexity index is 514. The van der Waals surface area contributed by atoms with E-state index in [2.05, 4.69) is 25.9 Å². The minimum atomic E-state index is -0.468. The second kappa shape index (κ2) is 13.7. The van der Waals surface area contributed by atoms with E-state index in [4.69, 9.17) is 4.74 Å². The van der Waals surface area contributed by atoms with Crippen molar-refractivity contribution >= 4 is 36.0 Å². The minimum Gasteiger partial charge on any atom is -0.444 e. The molecular weight excluding hydrogens is 447 g/mol. The van der Waals surface area contributed by atoms with E-state index in [1.165, 1.54) is 0 Å². The number of ether oxygens (including phenoxy) is 1. The fourth-order valence-electron chi connectivity index (χ4n) is 2.00. The molecule has 0 aliphatic heterocycles. The number of hydrogen-bond acceptors (Lipinski definition) is 4. The molecule has 9 heteroatoms. The molecule has 1 rings (SSSR count). The van der Waals surface area contributed by atoms with Gasteiger partial charge in [-0.1, -0.05) is 0 Å². The fraction of sp³-hybridized carbons (Fsp3) is 0.706. The van der Waals surface area contributed by atoms with Crippen molar-refractivity contribution < 1.29 is 9.53 Å². The molecule has 0 saturated heterocycles. The third-order valence-electron chi connectivity index (χ3n) is 3.06. The first-order valence-corrected chi connectivity index (χ1v) is 8.85. The van der Waals surface area contributed by atoms with Gasteiger partial charge >= 0.3 is 6.09 Å². The zero-order valence-corrected chi connectivity index (χ0v) is 18.6. The van der Waals surface area contributed by atoms with Crippen LogP contribution in [0.1, 0.15) is 40.5 Å². The van der Waals surface area contributed by atoms with Crippen LogP contribution < -0.4 is 16.0 Å². The highest BCUT2D eigenvalue weighted by molar-refractivity contribution is 14.0. The number of alkyl carbamates (subject to hydrolysis) is 1. The lowest BCUT2D eigenvalue weighted by atomic mass is 10.2. The van der Waals surface area contributed by atoms with Crippen LogP contribution in [0.3, 0.4) is 0 Å². The average molecular weight is 480 g/mol. The first-order valence-electron chi connectivity index (χ1n) is 8.85. The molecule has 1 aromatic rings. The van der Waals surface area contributed by atoms with Crippen molar-refractivity contribution in [2.45, 2.75) is 52.7 Å². The highest BCUT2D eigenvalue weighted by Gasteiger charge is 2.15. The van der Waals surface area contributed by atoms with Crippen LogP contribution >= 0.6 is 24.0 Å². The maximum atomic E-state index is 11.5. The third-order valence-corrected chi connectivity index (χ3v) is 3.06. The summed E-state index contributed by atoms with van der Waals surface area (Å²) in [6.07, 6.45) is 6.90. The summed E-state index contributed by atoms with van der Waals surface area (Å²) < 4.78 is 7.23. The van der Waals surface area contributed by atoms with E-state index in [-0.39, 0.29) is 30.1 Å². The number of nitrogens with zero attached hydrogens (tertiary/aromatic N) is 3. The summed E-state index contributed by atoms with van der Waals surface area (Å²) in [4.78, 5) is 20.1. The number of carbonyl (C=O) groups excluding carboxylic acids is 1. The molecule has 1 aromatic heterocycles. The van der Waals surface area contributed by atoms with Crippen LogP contribution in [0.2, 0.25) is 0 Å². The minimum absolute atomic E-state index is 0. The zero-order chi connectivity index (χ0) is 18.5. The number of aliphatic imine (C=N–C) groups is 1. The van der Waals surface area contributed by atoms with E-state index < -0.39 is 5.60 Å². The first kappa shape index (κ1) is 24.5. The van der Waals surface area contributed by atoms with Crippen molar-refractivity contribution in [2.24, 2.45) is 4.99 Å². The smallest absolute Gasteiger partial charge is 0.407 e. The Morgan fingerprint density at radius 1 is 1.19 bits per heavy atom. The molecule has 0 aliphatic carbocycles. The van der Waals surface area contributed by atoms with E-state index in [9.17, 15) is 4.79 Å². The van der Waals surface area contributed by atoms with Crippen LogP contribution in [0.25, 0.3) is 0 Å². The van der Waals surface area contributed by atoms with Gasteiger partial charge < -0.3 is 25.3 Å². The summed E-state index contributed by atoms with van der Waals surface area (Å²) in [6.45, 7) is 11.3. The summed E-state index contributed by atoms with van der Waals surface area (Å²) in [6, 6.07) is 0. The number of rotatable bonds is 9. The van der Waals surface area contributed by atoms with Gasteiger partial charge in [-0.25, -0.2) is 9.78 Å². The quantitative estimate of drug-likeness (QED) is 0.219. The molecule has 1 amide bonds. The predicted molar refractivity (Wildman–Crippen MR) is 115 cm³/mol. The molecule has 1 heterocycles. The fourth-order valence-corrected chi connectivity index (χ4v) is 2.00. The van der Waals surface area contributed by atoms with E-state index >= 15 is 0 Å². The summed E-state index contributed by atoms with van der Waals surface area (Å²) >= 11 is 0. The van der Waals surface area contributed by atoms with Crippen molar-refractivity contribution in [2.75, 3.05) is 26.2 Å². The summed E-state index contributed by atoms with van der Waals surface area (Å²) in [7, 11) is 0. The number of guanidine groups is 1. The molecule has 26 heavy (non-hydrogen) atoms. The predicted octanol–water partition coefficient (Wildman–Crippen LogP) is 2.36. The van der Waals surface area contributed by atoms with Crippen LogP contribution in [-0.2, 0) is 11.3 Å². The summed E-state index contributed by atoms with van der Waals surface area (Å²) in [5.74, 6) is 0.797. The number of halogens is 1. The first-order chi connectivity index (χ1) is 11.9. The molecule has 0 aromatic carbocycles. The molecule has 0 unspecified atom stereocenters. The molecule has 150 valence electrons. The lowest BCUT2D eigenvalue weighted by molar-refractivity contribution is 0.0527. The molecule has 0 atom stereocenters. The highest BCUT2D eigenvalue weighted by atomic mass is 127. The highest BCUT2D eigenvalue weighted by Crippen LogP contribution is 2.06. The Kier molecular flexibility index (Phi) is 12.9. The molecular formula is C17H33IN6O2. The zero-order valence-electron chi connectivity index (χ0n) is 16.2. The molecule has 0 radical (unpaired) electrons. The monoisotopic (exact) mass is 480 g/mol. The number of nitrogens with one attached hydrogen (secondary N) is 3. The van der Waals surface area contributed by atoms with Crippen LogP contribution in [0.15, 0.2) is 23.7 Å². The lowest BCUT2D eigenvalue weighted by Crippen LogP contribution is -2.39. The largest absolute Gasteiger partial charge is 0.444 e. The van der Waals surface area contributed by atoms with Crippen molar-refractivity contribution in [1.82, 2.24) is 25.5 Å². The van der Waals surface area contributed by atoms with Gasteiger partial charge in [0.05, 0.1) is 6.33 Å². The number of aromatic nitrogens is 2. The molecule has 0 saturated carbocycles. The number of aryl methyl sites for hydroxylation is 1. The molecule has 8 nitrogen and oxygen atoms in total. The average Bonchev–Trinajstić information content (AvgIpc) is 3.02. The Labute approximate surface area is 173 Å². The van der Waals surface area contributed by atoms with Crippen molar-refractivity contribution in [1.29, 1.82) is 0 Å². The Hall–Kier alpha value is -1.52. The molecule has 0 aliphatic rings. The van der Waals surface area contributed by atoms with Gasteiger partial charge in [-0.2, -0.15) is 0 Å². The summed E-state index contributed by atoms with van der Waals surface area (Å²) in [5.41, 5.74) is -0.468. The maximum absolute atomic E-state index is 11.5. The molecule has 0 bridgehead atoms. The van der Waals surface area contributed by atoms with Crippen molar-refractivity contribution in [3.8, 4) is 0 Å². The van der Waals surface area contributed by atoms with E-state index in [1.807, 2.05) is 44.8 Å². The number of imidazole rings is 1. The maximum Gasteiger partial charge on any atom is 0.407 e. The third kappa shape index (κ3) is 12.8. The number of amides is 1. The molecule has 3 N–H and O–H groups in total. The van der Waals surface area contributed by atoms with E-state index in [0.29, 0.717) is 6.54 Å². The Morgan fingerprint density at radius 2 is 1.92 bits per heavy atom. The topological polar surface area (TPSA) is 92.6 Å². The van der Waals surface area contributed by atoms with Crippen molar-refractivity contribution in [3.63, 3.8) is 0 Å². The lowest BCUT2D eigenvalue weighted by Gasteiger charge is -2.19. The van der Waals surface area contributed by atoms with Gasteiger partial charge in [-0.05, 0) is 40.5 Å². The number of carbonyl (C=O) groups is 1. The van der Waals surface area contributed by atoms with Gasteiger partial charge in [0.15, 0.2) is 5.96 Å². The van der Waals surface area contributed by atoms with Crippen LogP contribution in [0, 0.1) is 0 Å². The second-order valence-corrected chi connectivity index (χ2v) is 6.62.